The molecule has 0 bridgehead atoms. The molecule has 26 heavy (non-hydrogen) atoms. The van der Waals surface area contributed by atoms with E-state index in [1.807, 2.05) is 0 Å². The van der Waals surface area contributed by atoms with Crippen molar-refractivity contribution in [3.8, 4) is 11.5 Å². The monoisotopic (exact) mass is 399 g/mol. The van der Waals surface area contributed by atoms with Gasteiger partial charge in [-0.3, -0.25) is 0 Å². The Hall–Kier alpha value is -2.11. The predicted molar refractivity (Wildman–Crippen MR) is 90.4 cm³/mol. The van der Waals surface area contributed by atoms with Gasteiger partial charge in [0.15, 0.2) is 11.5 Å². The largest absolute Gasteiger partial charge is 0.486 e. The van der Waals surface area contributed by atoms with E-state index in [0.29, 0.717) is 24.7 Å². The average molecular weight is 399 g/mol. The molecule has 3 heterocycles. The van der Waals surface area contributed by atoms with E-state index < -0.39 is 25.1 Å². The molecule has 4 rings (SSSR count). The van der Waals surface area contributed by atoms with Crippen LogP contribution in [0.2, 0.25) is 0 Å². The molecule has 0 N–H and O–H groups in total. The lowest BCUT2D eigenvalue weighted by molar-refractivity contribution is 0.171. The Balaban J connectivity index is 1.54. The van der Waals surface area contributed by atoms with Crippen molar-refractivity contribution in [3.05, 3.63) is 30.6 Å². The van der Waals surface area contributed by atoms with Gasteiger partial charge in [0, 0.05) is 38.6 Å². The van der Waals surface area contributed by atoms with Crippen LogP contribution in [0.15, 0.2) is 40.6 Å². The Labute approximate surface area is 151 Å². The average Bonchev–Trinajstić information content (AvgIpc) is 2.99. The number of rotatable bonds is 4. The standard InChI is InChI=1S/C15H17N3O6S2/c1-17-5-4-16-15(17)25(19,20)12-9-18(10-12)26(21,22)11-2-3-13-14(8-11)24-7-6-23-13/h2-5,8,12H,6-7,9-10H2,1H3. The number of benzene rings is 1. The lowest BCUT2D eigenvalue weighted by Crippen LogP contribution is -2.56. The van der Waals surface area contributed by atoms with E-state index in [4.69, 9.17) is 9.47 Å². The van der Waals surface area contributed by atoms with Crippen LogP contribution in [0.25, 0.3) is 0 Å². The minimum atomic E-state index is -3.80. The van der Waals surface area contributed by atoms with Gasteiger partial charge in [-0.1, -0.05) is 0 Å². The summed E-state index contributed by atoms with van der Waals surface area (Å²) in [4.78, 5) is 3.91. The zero-order valence-corrected chi connectivity index (χ0v) is 15.5. The van der Waals surface area contributed by atoms with Crippen molar-refractivity contribution >= 4 is 19.9 Å². The summed E-state index contributed by atoms with van der Waals surface area (Å²) in [6.07, 6.45) is 2.94. The third-order valence-corrected chi connectivity index (χ3v) is 8.34. The fourth-order valence-corrected chi connectivity index (χ4v) is 6.36. The van der Waals surface area contributed by atoms with Gasteiger partial charge in [-0.25, -0.2) is 21.8 Å². The molecule has 2 aromatic rings. The van der Waals surface area contributed by atoms with Gasteiger partial charge >= 0.3 is 0 Å². The van der Waals surface area contributed by atoms with E-state index in [1.165, 1.54) is 29.1 Å². The minimum Gasteiger partial charge on any atom is -0.486 e. The number of sulfonamides is 1. The summed E-state index contributed by atoms with van der Waals surface area (Å²) < 4.78 is 63.9. The predicted octanol–water partition coefficient (Wildman–Crippen LogP) is 0.0381. The van der Waals surface area contributed by atoms with Crippen LogP contribution in [0, 0.1) is 0 Å². The number of hydrogen-bond donors (Lipinski definition) is 0. The molecule has 0 radical (unpaired) electrons. The first-order chi connectivity index (χ1) is 12.3. The molecular formula is C15H17N3O6S2. The summed E-state index contributed by atoms with van der Waals surface area (Å²) in [5.74, 6) is 0.865. The molecule has 0 aliphatic carbocycles. The number of nitrogens with zero attached hydrogens (tertiary/aromatic N) is 3. The third kappa shape index (κ3) is 2.66. The molecule has 0 atom stereocenters. The lowest BCUT2D eigenvalue weighted by atomic mass is 10.3. The van der Waals surface area contributed by atoms with Crippen molar-refractivity contribution in [2.75, 3.05) is 26.3 Å². The van der Waals surface area contributed by atoms with Gasteiger partial charge in [0.25, 0.3) is 0 Å². The Bertz CT molecular complexity index is 1050. The van der Waals surface area contributed by atoms with Gasteiger partial charge in [-0.05, 0) is 12.1 Å². The fraction of sp³-hybridized carbons (Fsp3) is 0.400. The molecular weight excluding hydrogens is 382 g/mol. The molecule has 0 amide bonds. The number of sulfone groups is 1. The van der Waals surface area contributed by atoms with Gasteiger partial charge in [0.2, 0.25) is 25.0 Å². The van der Waals surface area contributed by atoms with Crippen LogP contribution < -0.4 is 9.47 Å². The Morgan fingerprint density at radius 1 is 1.08 bits per heavy atom. The van der Waals surface area contributed by atoms with Crippen molar-refractivity contribution in [2.45, 2.75) is 15.3 Å². The first-order valence-corrected chi connectivity index (χ1v) is 10.9. The number of fused-ring (bicyclic) bond motifs is 1. The molecule has 1 saturated heterocycles. The molecule has 0 spiro atoms. The SMILES string of the molecule is Cn1ccnc1S(=O)(=O)C1CN(S(=O)(=O)c2ccc3c(c2)OCCO3)C1. The fourth-order valence-electron chi connectivity index (χ4n) is 2.90. The molecule has 2 aliphatic heterocycles. The van der Waals surface area contributed by atoms with Crippen LogP contribution in [-0.2, 0) is 26.9 Å². The Kier molecular flexibility index (Phi) is 3.97. The second-order valence-electron chi connectivity index (χ2n) is 6.12. The van der Waals surface area contributed by atoms with E-state index in [2.05, 4.69) is 4.98 Å². The third-order valence-electron chi connectivity index (χ3n) is 4.44. The van der Waals surface area contributed by atoms with E-state index in [0.717, 1.165) is 4.31 Å². The molecule has 2 aliphatic rings. The summed E-state index contributed by atoms with van der Waals surface area (Å²) >= 11 is 0. The molecule has 1 fully saturated rings. The highest BCUT2D eigenvalue weighted by Crippen LogP contribution is 2.35. The van der Waals surface area contributed by atoms with Crippen molar-refractivity contribution < 1.29 is 26.3 Å². The first kappa shape index (κ1) is 17.3. The van der Waals surface area contributed by atoms with E-state index in [9.17, 15) is 16.8 Å². The highest BCUT2D eigenvalue weighted by atomic mass is 32.2. The summed E-state index contributed by atoms with van der Waals surface area (Å²) in [5, 5.41) is -0.866. The second kappa shape index (κ2) is 5.96. The van der Waals surface area contributed by atoms with E-state index >= 15 is 0 Å². The summed E-state index contributed by atoms with van der Waals surface area (Å²) in [7, 11) is -5.89. The number of aryl methyl sites for hydroxylation is 1. The van der Waals surface area contributed by atoms with E-state index in [-0.39, 0.29) is 23.1 Å². The van der Waals surface area contributed by atoms with Gasteiger partial charge in [-0.15, -0.1) is 0 Å². The molecule has 0 saturated carbocycles. The Morgan fingerprint density at radius 2 is 1.77 bits per heavy atom. The maximum Gasteiger partial charge on any atom is 0.243 e. The lowest BCUT2D eigenvalue weighted by Gasteiger charge is -2.37. The van der Waals surface area contributed by atoms with Gasteiger partial charge in [0.05, 0.1) is 10.1 Å². The van der Waals surface area contributed by atoms with Crippen molar-refractivity contribution in [1.29, 1.82) is 0 Å². The number of ether oxygens (including phenoxy) is 2. The second-order valence-corrected chi connectivity index (χ2v) is 10.2. The molecule has 11 heteroatoms. The number of hydrogen-bond acceptors (Lipinski definition) is 7. The maximum absolute atomic E-state index is 12.7. The zero-order valence-electron chi connectivity index (χ0n) is 13.9. The quantitative estimate of drug-likeness (QED) is 0.714. The van der Waals surface area contributed by atoms with Gasteiger partial charge in [-0.2, -0.15) is 4.31 Å². The summed E-state index contributed by atoms with van der Waals surface area (Å²) in [6.45, 7) is 0.556. The van der Waals surface area contributed by atoms with Gasteiger partial charge < -0.3 is 14.0 Å². The van der Waals surface area contributed by atoms with Crippen molar-refractivity contribution in [1.82, 2.24) is 13.9 Å². The normalized spacial score (nSPS) is 18.5. The Morgan fingerprint density at radius 3 is 2.42 bits per heavy atom. The van der Waals surface area contributed by atoms with Crippen molar-refractivity contribution in [2.24, 2.45) is 7.05 Å². The van der Waals surface area contributed by atoms with Crippen LogP contribution in [0.4, 0.5) is 0 Å². The van der Waals surface area contributed by atoms with Crippen molar-refractivity contribution in [3.63, 3.8) is 0 Å². The van der Waals surface area contributed by atoms with E-state index in [1.54, 1.807) is 13.1 Å². The molecule has 9 nitrogen and oxygen atoms in total. The summed E-state index contributed by atoms with van der Waals surface area (Å²) in [6, 6.07) is 4.39. The van der Waals surface area contributed by atoms with Crippen LogP contribution in [0.5, 0.6) is 11.5 Å². The maximum atomic E-state index is 12.7. The molecule has 0 unspecified atom stereocenters. The molecule has 1 aromatic carbocycles. The van der Waals surface area contributed by atoms with Crippen LogP contribution >= 0.6 is 0 Å². The number of aromatic nitrogens is 2. The molecule has 1 aromatic heterocycles. The highest BCUT2D eigenvalue weighted by Gasteiger charge is 2.45. The van der Waals surface area contributed by atoms with Gasteiger partial charge in [0.1, 0.15) is 13.2 Å². The number of imidazole rings is 1. The minimum absolute atomic E-state index is 0.0505. The van der Waals surface area contributed by atoms with Crippen LogP contribution in [-0.4, -0.2) is 62.2 Å². The summed E-state index contributed by atoms with van der Waals surface area (Å²) in [5.41, 5.74) is 0. The smallest absolute Gasteiger partial charge is 0.243 e. The zero-order chi connectivity index (χ0) is 18.5. The van der Waals surface area contributed by atoms with Crippen LogP contribution in [0.3, 0.4) is 0 Å². The van der Waals surface area contributed by atoms with Crippen LogP contribution in [0.1, 0.15) is 0 Å². The highest BCUT2D eigenvalue weighted by molar-refractivity contribution is 7.92. The first-order valence-electron chi connectivity index (χ1n) is 7.91. The topological polar surface area (TPSA) is 108 Å². The molecule has 140 valence electrons.